The van der Waals surface area contributed by atoms with E-state index in [2.05, 4.69) is 41.2 Å². The summed E-state index contributed by atoms with van der Waals surface area (Å²) in [5.74, 6) is 0.205. The molecule has 1 saturated heterocycles. The lowest BCUT2D eigenvalue weighted by Crippen LogP contribution is -2.59. The Bertz CT molecular complexity index is 901. The average molecular weight is 413 g/mol. The summed E-state index contributed by atoms with van der Waals surface area (Å²) in [5, 5.41) is 4.87. The van der Waals surface area contributed by atoms with Crippen molar-refractivity contribution >= 4 is 28.5 Å². The van der Waals surface area contributed by atoms with Crippen LogP contribution in [0.2, 0.25) is 0 Å². The van der Waals surface area contributed by atoms with Gasteiger partial charge in [0.2, 0.25) is 5.91 Å². The Kier molecular flexibility index (Phi) is 6.48. The van der Waals surface area contributed by atoms with Crippen LogP contribution in [0.3, 0.4) is 0 Å². The molecule has 0 spiro atoms. The molecule has 1 aromatic heterocycles. The highest BCUT2D eigenvalue weighted by Gasteiger charge is 2.33. The molecule has 7 nitrogen and oxygen atoms in total. The Morgan fingerprint density at radius 3 is 2.70 bits per heavy atom. The highest BCUT2D eigenvalue weighted by molar-refractivity contribution is 5.94. The van der Waals surface area contributed by atoms with Crippen LogP contribution in [-0.2, 0) is 9.53 Å². The number of anilines is 1. The van der Waals surface area contributed by atoms with E-state index in [1.807, 2.05) is 29.4 Å². The van der Waals surface area contributed by atoms with Gasteiger partial charge >= 0.3 is 6.09 Å². The first kappa shape index (κ1) is 21.9. The van der Waals surface area contributed by atoms with E-state index in [4.69, 9.17) is 4.74 Å². The van der Waals surface area contributed by atoms with Gasteiger partial charge in [0.05, 0.1) is 6.04 Å². The molecule has 0 aliphatic carbocycles. The van der Waals surface area contributed by atoms with Crippen LogP contribution in [0.1, 0.15) is 34.6 Å². The van der Waals surface area contributed by atoms with E-state index >= 15 is 0 Å². The minimum absolute atomic E-state index is 0.0575. The van der Waals surface area contributed by atoms with Crippen LogP contribution < -0.4 is 10.2 Å². The number of rotatable bonds is 4. The number of carbonyl (C=O) groups is 2. The molecular weight excluding hydrogens is 380 g/mol. The lowest BCUT2D eigenvalue weighted by Gasteiger charge is -2.44. The molecule has 1 aliphatic heterocycles. The summed E-state index contributed by atoms with van der Waals surface area (Å²) in [7, 11) is 0. The SMILES string of the molecule is CC(C)C1CN(c2cccc3cnccc23)CCN1C(=O)CNC(=O)OC(C)(C)C. The lowest BCUT2D eigenvalue weighted by molar-refractivity contribution is -0.134. The van der Waals surface area contributed by atoms with Gasteiger partial charge in [-0.2, -0.15) is 0 Å². The minimum Gasteiger partial charge on any atom is -0.444 e. The first-order valence-electron chi connectivity index (χ1n) is 10.5. The number of carbonyl (C=O) groups excluding carboxylic acids is 2. The van der Waals surface area contributed by atoms with Crippen molar-refractivity contribution in [2.24, 2.45) is 5.92 Å². The van der Waals surface area contributed by atoms with Crippen molar-refractivity contribution in [3.05, 3.63) is 36.7 Å². The smallest absolute Gasteiger partial charge is 0.408 e. The molecule has 2 heterocycles. The summed E-state index contributed by atoms with van der Waals surface area (Å²) in [6.07, 6.45) is 3.12. The zero-order chi connectivity index (χ0) is 21.9. The van der Waals surface area contributed by atoms with Crippen LogP contribution in [0, 0.1) is 5.92 Å². The zero-order valence-corrected chi connectivity index (χ0v) is 18.5. The summed E-state index contributed by atoms with van der Waals surface area (Å²) in [4.78, 5) is 33.2. The van der Waals surface area contributed by atoms with Crippen LogP contribution >= 0.6 is 0 Å². The number of amides is 2. The van der Waals surface area contributed by atoms with Gasteiger partial charge in [-0.05, 0) is 38.8 Å². The second-order valence-corrected chi connectivity index (χ2v) is 9.07. The Morgan fingerprint density at radius 1 is 1.23 bits per heavy atom. The molecule has 1 unspecified atom stereocenters. The molecule has 2 amide bonds. The van der Waals surface area contributed by atoms with Crippen molar-refractivity contribution in [2.75, 3.05) is 31.1 Å². The van der Waals surface area contributed by atoms with Crippen molar-refractivity contribution in [3.63, 3.8) is 0 Å². The van der Waals surface area contributed by atoms with Crippen LogP contribution in [0.5, 0.6) is 0 Å². The maximum atomic E-state index is 12.9. The third-order valence-corrected chi connectivity index (χ3v) is 5.29. The Balaban J connectivity index is 1.69. The third kappa shape index (κ3) is 5.20. The van der Waals surface area contributed by atoms with E-state index < -0.39 is 11.7 Å². The van der Waals surface area contributed by atoms with Crippen molar-refractivity contribution in [1.82, 2.24) is 15.2 Å². The van der Waals surface area contributed by atoms with Crippen molar-refractivity contribution in [1.29, 1.82) is 0 Å². The van der Waals surface area contributed by atoms with Gasteiger partial charge < -0.3 is 19.9 Å². The van der Waals surface area contributed by atoms with Gasteiger partial charge in [-0.1, -0.05) is 26.0 Å². The average Bonchev–Trinajstić information content (AvgIpc) is 2.70. The monoisotopic (exact) mass is 412 g/mol. The molecule has 0 radical (unpaired) electrons. The quantitative estimate of drug-likeness (QED) is 0.833. The number of pyridine rings is 1. The fraction of sp³-hybridized carbons (Fsp3) is 0.522. The Labute approximate surface area is 178 Å². The van der Waals surface area contributed by atoms with Crippen LogP contribution in [0.25, 0.3) is 10.8 Å². The van der Waals surface area contributed by atoms with E-state index in [1.54, 1.807) is 20.8 Å². The molecule has 1 aromatic carbocycles. The molecular formula is C23H32N4O3. The molecule has 1 fully saturated rings. The molecule has 0 bridgehead atoms. The fourth-order valence-electron chi connectivity index (χ4n) is 3.85. The standard InChI is InChI=1S/C23H32N4O3/c1-16(2)20-15-26(19-8-6-7-17-13-24-10-9-18(17)19)11-12-27(20)21(28)14-25-22(29)30-23(3,4)5/h6-10,13,16,20H,11-12,14-15H2,1-5H3,(H,25,29). The number of alkyl carbamates (subject to hydrolysis) is 1. The number of ether oxygens (including phenoxy) is 1. The predicted molar refractivity (Wildman–Crippen MR) is 119 cm³/mol. The second-order valence-electron chi connectivity index (χ2n) is 9.07. The summed E-state index contributed by atoms with van der Waals surface area (Å²) in [6.45, 7) is 11.7. The summed E-state index contributed by atoms with van der Waals surface area (Å²) in [6, 6.07) is 8.34. The molecule has 0 saturated carbocycles. The third-order valence-electron chi connectivity index (χ3n) is 5.29. The maximum absolute atomic E-state index is 12.9. The number of nitrogens with zero attached hydrogens (tertiary/aromatic N) is 3. The molecule has 1 aliphatic rings. The van der Waals surface area contributed by atoms with Gasteiger partial charge in [-0.3, -0.25) is 9.78 Å². The normalized spacial score (nSPS) is 17.3. The number of aromatic nitrogens is 1. The Hall–Kier alpha value is -2.83. The molecule has 1 atom stereocenters. The van der Waals surface area contributed by atoms with Crippen LogP contribution in [0.4, 0.5) is 10.5 Å². The molecule has 3 rings (SSSR count). The van der Waals surface area contributed by atoms with E-state index in [-0.39, 0.29) is 24.4 Å². The van der Waals surface area contributed by atoms with Gasteiger partial charge in [0.25, 0.3) is 0 Å². The number of benzene rings is 1. The number of fused-ring (bicyclic) bond motifs is 1. The lowest BCUT2D eigenvalue weighted by atomic mass is 9.98. The highest BCUT2D eigenvalue weighted by Crippen LogP contribution is 2.29. The Morgan fingerprint density at radius 2 is 2.00 bits per heavy atom. The molecule has 2 aromatic rings. The largest absolute Gasteiger partial charge is 0.444 e. The number of hydrogen-bond donors (Lipinski definition) is 1. The first-order chi connectivity index (χ1) is 14.2. The summed E-state index contributed by atoms with van der Waals surface area (Å²) in [5.41, 5.74) is 0.576. The summed E-state index contributed by atoms with van der Waals surface area (Å²) >= 11 is 0. The minimum atomic E-state index is -0.590. The van der Waals surface area contributed by atoms with E-state index in [0.29, 0.717) is 6.54 Å². The molecule has 162 valence electrons. The topological polar surface area (TPSA) is 74.8 Å². The molecule has 1 N–H and O–H groups in total. The molecule has 7 heteroatoms. The summed E-state index contributed by atoms with van der Waals surface area (Å²) < 4.78 is 5.23. The number of hydrogen-bond acceptors (Lipinski definition) is 5. The van der Waals surface area contributed by atoms with Crippen LogP contribution in [0.15, 0.2) is 36.7 Å². The van der Waals surface area contributed by atoms with Gasteiger partial charge in [-0.15, -0.1) is 0 Å². The van der Waals surface area contributed by atoms with Crippen molar-refractivity contribution < 1.29 is 14.3 Å². The van der Waals surface area contributed by atoms with Crippen molar-refractivity contribution in [2.45, 2.75) is 46.3 Å². The number of nitrogens with one attached hydrogen (secondary N) is 1. The van der Waals surface area contributed by atoms with Gasteiger partial charge in [0.15, 0.2) is 0 Å². The fourth-order valence-corrected chi connectivity index (χ4v) is 3.85. The van der Waals surface area contributed by atoms with Gasteiger partial charge in [-0.25, -0.2) is 4.79 Å². The number of piperazine rings is 1. The predicted octanol–water partition coefficient (Wildman–Crippen LogP) is 3.43. The molecule has 30 heavy (non-hydrogen) atoms. The van der Waals surface area contributed by atoms with Crippen molar-refractivity contribution in [3.8, 4) is 0 Å². The van der Waals surface area contributed by atoms with Gasteiger partial charge in [0.1, 0.15) is 12.1 Å². The van der Waals surface area contributed by atoms with E-state index in [9.17, 15) is 9.59 Å². The van der Waals surface area contributed by atoms with E-state index in [1.165, 1.54) is 11.1 Å². The second kappa shape index (κ2) is 8.90. The van der Waals surface area contributed by atoms with Crippen LogP contribution in [-0.4, -0.2) is 59.7 Å². The van der Waals surface area contributed by atoms with E-state index in [0.717, 1.165) is 18.5 Å². The van der Waals surface area contributed by atoms with Gasteiger partial charge in [0, 0.05) is 48.5 Å². The maximum Gasteiger partial charge on any atom is 0.408 e. The highest BCUT2D eigenvalue weighted by atomic mass is 16.6. The first-order valence-corrected chi connectivity index (χ1v) is 10.5. The zero-order valence-electron chi connectivity index (χ0n) is 18.5.